The van der Waals surface area contributed by atoms with Crippen molar-refractivity contribution in [2.75, 3.05) is 0 Å². The van der Waals surface area contributed by atoms with Crippen molar-refractivity contribution in [1.29, 1.82) is 0 Å². The Balaban J connectivity index is 1.79. The summed E-state index contributed by atoms with van der Waals surface area (Å²) in [7, 11) is 0. The molecule has 0 aromatic carbocycles. The van der Waals surface area contributed by atoms with Gasteiger partial charge in [0.05, 0.1) is 0 Å². The average Bonchev–Trinajstić information content (AvgIpc) is 2.70. The summed E-state index contributed by atoms with van der Waals surface area (Å²) in [5.74, 6) is 0.660. The maximum absolute atomic E-state index is 11.9. The van der Waals surface area contributed by atoms with E-state index in [0.29, 0.717) is 5.92 Å². The molecule has 3 atom stereocenters. The molecule has 1 aliphatic carbocycles. The molecule has 3 unspecified atom stereocenters. The molecule has 21 heavy (non-hydrogen) atoms. The highest BCUT2D eigenvalue weighted by Crippen LogP contribution is 2.29. The summed E-state index contributed by atoms with van der Waals surface area (Å²) in [4.78, 5) is 17.4. The second-order valence-electron chi connectivity index (χ2n) is 5.78. The van der Waals surface area contributed by atoms with Crippen LogP contribution < -0.4 is 21.7 Å². The van der Waals surface area contributed by atoms with E-state index in [2.05, 4.69) is 27.9 Å². The van der Waals surface area contributed by atoms with Crippen molar-refractivity contribution >= 4 is 23.8 Å². The largest absolute Gasteiger partial charge is 0.369 e. The van der Waals surface area contributed by atoms with E-state index in [-0.39, 0.29) is 23.5 Å². The summed E-state index contributed by atoms with van der Waals surface area (Å²) in [6, 6.07) is -0.0314. The van der Waals surface area contributed by atoms with Gasteiger partial charge < -0.3 is 16.4 Å². The molecule has 0 radical (unpaired) electrons. The topological polar surface area (TPSA) is 91.5 Å². The van der Waals surface area contributed by atoms with Crippen molar-refractivity contribution in [3.63, 3.8) is 0 Å². The molecule has 0 saturated heterocycles. The van der Waals surface area contributed by atoms with Gasteiger partial charge in [0.15, 0.2) is 11.5 Å². The highest BCUT2D eigenvalue weighted by molar-refractivity contribution is 8.03. The molecule has 2 rings (SSSR count). The van der Waals surface area contributed by atoms with Gasteiger partial charge in [0.1, 0.15) is 0 Å². The van der Waals surface area contributed by atoms with Gasteiger partial charge in [-0.15, -0.1) is 0 Å². The number of nitrogens with one attached hydrogen (secondary N) is 3. The summed E-state index contributed by atoms with van der Waals surface area (Å²) < 4.78 is 0. The average molecular weight is 311 g/mol. The highest BCUT2D eigenvalue weighted by Gasteiger charge is 2.23. The predicted molar refractivity (Wildman–Crippen MR) is 87.6 cm³/mol. The van der Waals surface area contributed by atoms with Crippen molar-refractivity contribution in [1.82, 2.24) is 16.0 Å². The van der Waals surface area contributed by atoms with Crippen LogP contribution in [0.3, 0.4) is 0 Å². The Morgan fingerprint density at radius 2 is 2.10 bits per heavy atom. The van der Waals surface area contributed by atoms with Gasteiger partial charge in [-0.05, 0) is 32.6 Å². The summed E-state index contributed by atoms with van der Waals surface area (Å²) in [6.45, 7) is 6.21. The third kappa shape index (κ3) is 4.56. The van der Waals surface area contributed by atoms with E-state index in [1.807, 2.05) is 13.8 Å². The number of hydrogen-bond donors (Lipinski definition) is 4. The molecule has 0 aromatic heterocycles. The number of aliphatic imine (C=N–C) groups is 1. The van der Waals surface area contributed by atoms with E-state index in [0.717, 1.165) is 12.1 Å². The van der Waals surface area contributed by atoms with E-state index in [4.69, 9.17) is 5.73 Å². The Labute approximate surface area is 130 Å². The molecule has 2 amide bonds. The molecule has 6 nitrogen and oxygen atoms in total. The standard InChI is InChI=1S/C14H25N5OS/c1-8-6-4-5-7-11(8)17-13(20)18-12(15)19-14-16-9(2)10(3)21-14/h8,11,14,16H,4-7H2,1-3H3,(H4,15,17,18,19,20). The number of nitrogens with two attached hydrogens (primary N) is 1. The lowest BCUT2D eigenvalue weighted by molar-refractivity contribution is 0.226. The first kappa shape index (κ1) is 16.0. The Kier molecular flexibility index (Phi) is 5.39. The molecule has 7 heteroatoms. The van der Waals surface area contributed by atoms with Crippen molar-refractivity contribution in [2.45, 2.75) is 58.0 Å². The molecule has 1 aliphatic heterocycles. The third-order valence-corrected chi connectivity index (χ3v) is 5.19. The lowest BCUT2D eigenvalue weighted by Crippen LogP contribution is -2.50. The van der Waals surface area contributed by atoms with Crippen LogP contribution >= 0.6 is 11.8 Å². The molecule has 1 saturated carbocycles. The van der Waals surface area contributed by atoms with Crippen LogP contribution in [0.2, 0.25) is 0 Å². The normalized spacial score (nSPS) is 30.0. The van der Waals surface area contributed by atoms with Gasteiger partial charge in [-0.1, -0.05) is 31.5 Å². The molecular weight excluding hydrogens is 286 g/mol. The number of carbonyl (C=O) groups excluding carboxylic acids is 1. The summed E-state index contributed by atoms with van der Waals surface area (Å²) in [6.07, 6.45) is 4.63. The fourth-order valence-electron chi connectivity index (χ4n) is 2.64. The predicted octanol–water partition coefficient (Wildman–Crippen LogP) is 2.05. The van der Waals surface area contributed by atoms with E-state index in [1.54, 1.807) is 11.8 Å². The number of nitrogens with zero attached hydrogens (tertiary/aromatic N) is 1. The first-order valence-corrected chi connectivity index (χ1v) is 8.35. The van der Waals surface area contributed by atoms with Gasteiger partial charge in [-0.3, -0.25) is 5.32 Å². The summed E-state index contributed by atoms with van der Waals surface area (Å²) >= 11 is 1.59. The molecule has 1 heterocycles. The maximum Gasteiger partial charge on any atom is 0.321 e. The van der Waals surface area contributed by atoms with Gasteiger partial charge in [-0.2, -0.15) is 0 Å². The third-order valence-electron chi connectivity index (χ3n) is 4.08. The number of urea groups is 1. The second kappa shape index (κ2) is 7.06. The minimum absolute atomic E-state index is 0.142. The first-order chi connectivity index (χ1) is 9.95. The molecule has 0 spiro atoms. The van der Waals surface area contributed by atoms with E-state index in [9.17, 15) is 4.79 Å². The molecule has 5 N–H and O–H groups in total. The summed E-state index contributed by atoms with van der Waals surface area (Å²) in [5, 5.41) is 8.80. The molecule has 0 aromatic rings. The van der Waals surface area contributed by atoms with Crippen LogP contribution in [-0.4, -0.2) is 23.5 Å². The molecular formula is C14H25N5OS. The van der Waals surface area contributed by atoms with Crippen molar-refractivity contribution < 1.29 is 4.79 Å². The van der Waals surface area contributed by atoms with Crippen LogP contribution in [0, 0.1) is 5.92 Å². The highest BCUT2D eigenvalue weighted by atomic mass is 32.2. The monoisotopic (exact) mass is 311 g/mol. The van der Waals surface area contributed by atoms with Crippen LogP contribution in [0.5, 0.6) is 0 Å². The minimum atomic E-state index is -0.264. The maximum atomic E-state index is 11.9. The number of rotatable bonds is 2. The fraction of sp³-hybridized carbons (Fsp3) is 0.714. The fourth-order valence-corrected chi connectivity index (χ4v) is 3.61. The zero-order valence-corrected chi connectivity index (χ0v) is 13.7. The van der Waals surface area contributed by atoms with E-state index in [1.165, 1.54) is 24.2 Å². The van der Waals surface area contributed by atoms with Gasteiger partial charge >= 0.3 is 6.03 Å². The van der Waals surface area contributed by atoms with Crippen LogP contribution in [0.15, 0.2) is 15.6 Å². The zero-order valence-electron chi connectivity index (χ0n) is 12.9. The number of hydrogen-bond acceptors (Lipinski definition) is 4. The molecule has 2 aliphatic rings. The second-order valence-corrected chi connectivity index (χ2v) is 7.07. The van der Waals surface area contributed by atoms with Crippen LogP contribution in [0.1, 0.15) is 46.5 Å². The lowest BCUT2D eigenvalue weighted by atomic mass is 9.86. The number of amides is 2. The lowest BCUT2D eigenvalue weighted by Gasteiger charge is -2.29. The Morgan fingerprint density at radius 1 is 1.38 bits per heavy atom. The minimum Gasteiger partial charge on any atom is -0.369 e. The van der Waals surface area contributed by atoms with Crippen LogP contribution in [0.25, 0.3) is 0 Å². The first-order valence-electron chi connectivity index (χ1n) is 7.47. The van der Waals surface area contributed by atoms with Crippen LogP contribution in [0.4, 0.5) is 4.79 Å². The van der Waals surface area contributed by atoms with E-state index < -0.39 is 0 Å². The number of thioether (sulfide) groups is 1. The van der Waals surface area contributed by atoms with Crippen molar-refractivity contribution in [3.05, 3.63) is 10.6 Å². The number of carbonyl (C=O) groups is 1. The van der Waals surface area contributed by atoms with Gasteiger partial charge in [0, 0.05) is 16.6 Å². The zero-order chi connectivity index (χ0) is 15.4. The SMILES string of the molecule is CC1=C(C)SC(N=C(N)NC(=O)NC2CCCCC2C)N1. The number of allylic oxidation sites excluding steroid dienone is 2. The molecule has 0 bridgehead atoms. The molecule has 1 fully saturated rings. The number of guanidine groups is 1. The van der Waals surface area contributed by atoms with Crippen molar-refractivity contribution in [2.24, 2.45) is 16.6 Å². The van der Waals surface area contributed by atoms with Gasteiger partial charge in [-0.25, -0.2) is 9.79 Å². The summed E-state index contributed by atoms with van der Waals surface area (Å²) in [5.41, 5.74) is 6.74. The Bertz CT molecular complexity index is 448. The Hall–Kier alpha value is -1.37. The van der Waals surface area contributed by atoms with E-state index >= 15 is 0 Å². The van der Waals surface area contributed by atoms with Gasteiger partial charge in [0.25, 0.3) is 0 Å². The smallest absolute Gasteiger partial charge is 0.321 e. The Morgan fingerprint density at radius 3 is 2.71 bits per heavy atom. The van der Waals surface area contributed by atoms with Gasteiger partial charge in [0.2, 0.25) is 0 Å². The molecule has 118 valence electrons. The van der Waals surface area contributed by atoms with Crippen molar-refractivity contribution in [3.8, 4) is 0 Å². The van der Waals surface area contributed by atoms with Crippen LogP contribution in [-0.2, 0) is 0 Å². The quantitative estimate of drug-likeness (QED) is 0.464.